The molecule has 152 valence electrons. The third-order valence-electron chi connectivity index (χ3n) is 3.46. The standard InChI is InChI=1S/C21H23N3O5/c1-3-27-20(25)18(21(26)28-4-2)19(22)24-23-14-15-10-12-17(13-11-15)29-16-8-6-5-7-9-16/h5-14,25H,3-4H2,1-2H3,(H2,22,24)/b20-18-,23-14?. The van der Waals surface area contributed by atoms with E-state index >= 15 is 0 Å². The fourth-order valence-corrected chi connectivity index (χ4v) is 2.17. The summed E-state index contributed by atoms with van der Waals surface area (Å²) < 4.78 is 15.5. The van der Waals surface area contributed by atoms with Crippen molar-refractivity contribution in [3.63, 3.8) is 0 Å². The van der Waals surface area contributed by atoms with E-state index in [0.29, 0.717) is 5.75 Å². The molecular weight excluding hydrogens is 374 g/mol. The first kappa shape index (κ1) is 21.5. The van der Waals surface area contributed by atoms with Crippen LogP contribution in [0.25, 0.3) is 0 Å². The number of hydrogen-bond donors (Lipinski definition) is 2. The number of carbonyl (C=O) groups is 1. The molecule has 0 aromatic heterocycles. The predicted octanol–water partition coefficient (Wildman–Crippen LogP) is 3.54. The Labute approximate surface area is 168 Å². The number of rotatable bonds is 9. The summed E-state index contributed by atoms with van der Waals surface area (Å²) in [5.74, 6) is -0.430. The molecule has 3 N–H and O–H groups in total. The van der Waals surface area contributed by atoms with Crippen molar-refractivity contribution in [1.82, 2.24) is 0 Å². The highest BCUT2D eigenvalue weighted by molar-refractivity contribution is 6.18. The lowest BCUT2D eigenvalue weighted by Crippen LogP contribution is -2.25. The van der Waals surface area contributed by atoms with Crippen LogP contribution in [0.1, 0.15) is 19.4 Å². The van der Waals surface area contributed by atoms with E-state index in [0.717, 1.165) is 11.3 Å². The number of para-hydroxylation sites is 1. The molecule has 2 aromatic rings. The lowest BCUT2D eigenvalue weighted by Gasteiger charge is -2.08. The Bertz CT molecular complexity index is 890. The second-order valence-corrected chi connectivity index (χ2v) is 5.55. The molecule has 2 aromatic carbocycles. The monoisotopic (exact) mass is 397 g/mol. The van der Waals surface area contributed by atoms with Crippen LogP contribution in [0.2, 0.25) is 0 Å². The van der Waals surface area contributed by atoms with E-state index in [9.17, 15) is 9.90 Å². The first-order chi connectivity index (χ1) is 14.0. The SMILES string of the molecule is CCOC(=O)C(/C(N)=N/N=Cc1ccc(Oc2ccccc2)cc1)=C(/O)OCC. The highest BCUT2D eigenvalue weighted by Crippen LogP contribution is 2.20. The van der Waals surface area contributed by atoms with E-state index in [-0.39, 0.29) is 24.6 Å². The third kappa shape index (κ3) is 6.69. The largest absolute Gasteiger partial charge is 0.480 e. The Morgan fingerprint density at radius 2 is 1.62 bits per heavy atom. The van der Waals surface area contributed by atoms with E-state index in [1.807, 2.05) is 30.3 Å². The Kier molecular flexibility index (Phi) is 8.25. The lowest BCUT2D eigenvalue weighted by molar-refractivity contribution is -0.138. The Hall–Kier alpha value is -3.81. The predicted molar refractivity (Wildman–Crippen MR) is 110 cm³/mol. The van der Waals surface area contributed by atoms with Gasteiger partial charge >= 0.3 is 5.97 Å². The van der Waals surface area contributed by atoms with Crippen LogP contribution in [0.3, 0.4) is 0 Å². The smallest absolute Gasteiger partial charge is 0.349 e. The van der Waals surface area contributed by atoms with E-state index < -0.39 is 11.9 Å². The van der Waals surface area contributed by atoms with Gasteiger partial charge in [0.25, 0.3) is 5.95 Å². The first-order valence-corrected chi connectivity index (χ1v) is 8.98. The summed E-state index contributed by atoms with van der Waals surface area (Å²) in [6, 6.07) is 16.6. The van der Waals surface area contributed by atoms with Gasteiger partial charge in [0, 0.05) is 0 Å². The fourth-order valence-electron chi connectivity index (χ4n) is 2.17. The highest BCUT2D eigenvalue weighted by atomic mass is 16.6. The van der Waals surface area contributed by atoms with Crippen LogP contribution in [0.5, 0.6) is 11.5 Å². The Morgan fingerprint density at radius 3 is 2.24 bits per heavy atom. The van der Waals surface area contributed by atoms with Crippen molar-refractivity contribution in [3.8, 4) is 11.5 Å². The van der Waals surface area contributed by atoms with Gasteiger partial charge in [0.2, 0.25) is 0 Å². The molecule has 8 heteroatoms. The van der Waals surface area contributed by atoms with Crippen molar-refractivity contribution in [2.24, 2.45) is 15.9 Å². The zero-order valence-corrected chi connectivity index (χ0v) is 16.2. The molecule has 0 aliphatic heterocycles. The molecule has 0 radical (unpaired) electrons. The zero-order valence-electron chi connectivity index (χ0n) is 16.2. The number of benzene rings is 2. The quantitative estimate of drug-likeness (QED) is 0.167. The number of aliphatic hydroxyl groups is 1. The van der Waals surface area contributed by atoms with Crippen molar-refractivity contribution in [1.29, 1.82) is 0 Å². The summed E-state index contributed by atoms with van der Waals surface area (Å²) in [6.45, 7) is 3.53. The molecule has 8 nitrogen and oxygen atoms in total. The first-order valence-electron chi connectivity index (χ1n) is 8.98. The molecular formula is C21H23N3O5. The van der Waals surface area contributed by atoms with Crippen LogP contribution in [-0.2, 0) is 14.3 Å². The number of amidine groups is 1. The number of nitrogens with zero attached hydrogens (tertiary/aromatic N) is 2. The minimum atomic E-state index is -0.850. The molecule has 0 atom stereocenters. The van der Waals surface area contributed by atoms with E-state index in [1.165, 1.54) is 6.21 Å². The minimum Gasteiger partial charge on any atom is -0.480 e. The molecule has 0 saturated heterocycles. The molecule has 0 spiro atoms. The summed E-state index contributed by atoms with van der Waals surface area (Å²) in [7, 11) is 0. The van der Waals surface area contributed by atoms with Gasteiger partial charge < -0.3 is 25.1 Å². The van der Waals surface area contributed by atoms with Gasteiger partial charge in [-0.1, -0.05) is 18.2 Å². The molecule has 0 saturated carbocycles. The van der Waals surface area contributed by atoms with Crippen LogP contribution in [0.15, 0.2) is 76.3 Å². The molecule has 0 heterocycles. The van der Waals surface area contributed by atoms with E-state index in [2.05, 4.69) is 10.2 Å². The van der Waals surface area contributed by atoms with Crippen molar-refractivity contribution >= 4 is 18.0 Å². The van der Waals surface area contributed by atoms with Gasteiger partial charge in [-0.05, 0) is 55.8 Å². The van der Waals surface area contributed by atoms with Gasteiger partial charge in [-0.3, -0.25) is 0 Å². The van der Waals surface area contributed by atoms with Gasteiger partial charge in [-0.25, -0.2) is 4.79 Å². The van der Waals surface area contributed by atoms with E-state index in [4.69, 9.17) is 19.9 Å². The normalized spacial score (nSPS) is 12.4. The van der Waals surface area contributed by atoms with Crippen molar-refractivity contribution in [2.45, 2.75) is 13.8 Å². The van der Waals surface area contributed by atoms with Crippen molar-refractivity contribution < 1.29 is 24.1 Å². The van der Waals surface area contributed by atoms with Gasteiger partial charge in [0.1, 0.15) is 11.5 Å². The fraction of sp³-hybridized carbons (Fsp3) is 0.190. The van der Waals surface area contributed by atoms with Crippen LogP contribution in [-0.4, -0.2) is 36.3 Å². The maximum absolute atomic E-state index is 12.0. The van der Waals surface area contributed by atoms with Crippen LogP contribution >= 0.6 is 0 Å². The van der Waals surface area contributed by atoms with Crippen LogP contribution in [0.4, 0.5) is 0 Å². The van der Waals surface area contributed by atoms with Crippen molar-refractivity contribution in [3.05, 3.63) is 71.7 Å². The van der Waals surface area contributed by atoms with Crippen molar-refractivity contribution in [2.75, 3.05) is 13.2 Å². The topological polar surface area (TPSA) is 116 Å². The molecule has 0 unspecified atom stereocenters. The molecule has 0 aliphatic carbocycles. The number of nitrogens with two attached hydrogens (primary N) is 1. The summed E-state index contributed by atoms with van der Waals surface area (Å²) in [6.07, 6.45) is 1.44. The maximum atomic E-state index is 12.0. The second kappa shape index (κ2) is 11.1. The Balaban J connectivity index is 2.10. The number of ether oxygens (including phenoxy) is 3. The van der Waals surface area contributed by atoms with Crippen LogP contribution in [0, 0.1) is 0 Å². The number of hydrogen-bond acceptors (Lipinski definition) is 7. The second-order valence-electron chi connectivity index (χ2n) is 5.55. The van der Waals surface area contributed by atoms with Gasteiger partial charge in [-0.2, -0.15) is 5.10 Å². The summed E-state index contributed by atoms with van der Waals surface area (Å²) in [4.78, 5) is 12.0. The molecule has 0 amide bonds. The molecule has 2 rings (SSSR count). The highest BCUT2D eigenvalue weighted by Gasteiger charge is 2.22. The number of aliphatic hydroxyl groups excluding tert-OH is 1. The van der Waals surface area contributed by atoms with Gasteiger partial charge in [-0.15, -0.1) is 5.10 Å². The summed E-state index contributed by atoms with van der Waals surface area (Å²) in [5, 5.41) is 17.5. The van der Waals surface area contributed by atoms with Gasteiger partial charge in [0.15, 0.2) is 11.4 Å². The Morgan fingerprint density at radius 1 is 1.00 bits per heavy atom. The summed E-state index contributed by atoms with van der Waals surface area (Å²) in [5.41, 5.74) is 6.13. The number of carbonyl (C=O) groups excluding carboxylic acids is 1. The number of esters is 1. The molecule has 0 fully saturated rings. The van der Waals surface area contributed by atoms with E-state index in [1.54, 1.807) is 38.1 Å². The lowest BCUT2D eigenvalue weighted by atomic mass is 10.2. The molecule has 29 heavy (non-hydrogen) atoms. The summed E-state index contributed by atoms with van der Waals surface area (Å²) >= 11 is 0. The van der Waals surface area contributed by atoms with Gasteiger partial charge in [0.05, 0.1) is 19.4 Å². The molecule has 0 aliphatic rings. The average Bonchev–Trinajstić information content (AvgIpc) is 2.71. The maximum Gasteiger partial charge on any atom is 0.349 e. The van der Waals surface area contributed by atoms with Crippen LogP contribution < -0.4 is 10.5 Å². The minimum absolute atomic E-state index is 0.107. The average molecular weight is 397 g/mol. The third-order valence-corrected chi connectivity index (χ3v) is 3.46. The zero-order chi connectivity index (χ0) is 21.1. The molecule has 0 bridgehead atoms.